The van der Waals surface area contributed by atoms with E-state index in [1.165, 1.54) is 6.42 Å². The summed E-state index contributed by atoms with van der Waals surface area (Å²) in [6.07, 6.45) is 2.33. The van der Waals surface area contributed by atoms with Gasteiger partial charge in [0.25, 0.3) is 0 Å². The molecule has 0 aromatic heterocycles. The van der Waals surface area contributed by atoms with E-state index in [0.29, 0.717) is 5.44 Å². The van der Waals surface area contributed by atoms with Crippen LogP contribution in [0.5, 0.6) is 0 Å². The van der Waals surface area contributed by atoms with Crippen molar-refractivity contribution in [3.8, 4) is 0 Å². The fourth-order valence-corrected chi connectivity index (χ4v) is 3.88. The van der Waals surface area contributed by atoms with Crippen molar-refractivity contribution in [2.75, 3.05) is 6.61 Å². The summed E-state index contributed by atoms with van der Waals surface area (Å²) >= 11 is 0. The van der Waals surface area contributed by atoms with E-state index in [2.05, 4.69) is 17.8 Å². The van der Waals surface area contributed by atoms with Crippen molar-refractivity contribution >= 4 is 34.0 Å². The van der Waals surface area contributed by atoms with E-state index in [9.17, 15) is 0 Å². The molecule has 0 saturated carbocycles. The van der Waals surface area contributed by atoms with E-state index in [4.69, 9.17) is 4.74 Å². The van der Waals surface area contributed by atoms with Crippen molar-refractivity contribution in [3.63, 3.8) is 0 Å². The molecule has 1 fully saturated rings. The van der Waals surface area contributed by atoms with Crippen molar-refractivity contribution in [2.24, 2.45) is 4.99 Å². The highest BCUT2D eigenvalue weighted by Crippen LogP contribution is 2.42. The average molecular weight is 239 g/mol. The van der Waals surface area contributed by atoms with Gasteiger partial charge in [0.05, 0.1) is 5.69 Å². The molecule has 1 unspecified atom stereocenters. The van der Waals surface area contributed by atoms with Gasteiger partial charge in [0.15, 0.2) is 0 Å². The molecule has 80 valence electrons. The van der Waals surface area contributed by atoms with Crippen molar-refractivity contribution in [2.45, 2.75) is 23.2 Å². The quantitative estimate of drug-likeness (QED) is 0.587. The van der Waals surface area contributed by atoms with E-state index in [1.807, 2.05) is 18.2 Å². The zero-order valence-electron chi connectivity index (χ0n) is 8.39. The van der Waals surface area contributed by atoms with E-state index in [1.54, 1.807) is 21.6 Å². The number of hydrogen-bond donors (Lipinski definition) is 0. The van der Waals surface area contributed by atoms with Crippen LogP contribution in [-0.2, 0) is 4.74 Å². The van der Waals surface area contributed by atoms with Gasteiger partial charge in [-0.1, -0.05) is 33.7 Å². The van der Waals surface area contributed by atoms with Gasteiger partial charge in [-0.05, 0) is 31.7 Å². The van der Waals surface area contributed by atoms with Gasteiger partial charge in [0, 0.05) is 11.5 Å². The molecule has 1 aliphatic rings. The second-order valence-electron chi connectivity index (χ2n) is 3.25. The Labute approximate surface area is 97.9 Å². The van der Waals surface area contributed by atoms with Crippen LogP contribution < -0.4 is 0 Å². The SMILES string of the molecule is C=Nc1ccccc1SSC1CCCO1. The second-order valence-corrected chi connectivity index (χ2v) is 5.65. The number of nitrogens with zero attached hydrogens (tertiary/aromatic N) is 1. The number of aliphatic imine (C=N–C) groups is 1. The summed E-state index contributed by atoms with van der Waals surface area (Å²) < 4.78 is 5.54. The van der Waals surface area contributed by atoms with Gasteiger partial charge >= 0.3 is 0 Å². The van der Waals surface area contributed by atoms with Crippen LogP contribution in [0.4, 0.5) is 5.69 Å². The highest BCUT2D eigenvalue weighted by Gasteiger charge is 2.16. The molecule has 0 N–H and O–H groups in total. The normalized spacial score (nSPS) is 20.4. The minimum Gasteiger partial charge on any atom is -0.367 e. The van der Waals surface area contributed by atoms with Crippen LogP contribution >= 0.6 is 21.6 Å². The molecule has 1 aromatic rings. The highest BCUT2D eigenvalue weighted by atomic mass is 33.1. The molecule has 1 saturated heterocycles. The van der Waals surface area contributed by atoms with Crippen LogP contribution in [0.1, 0.15) is 12.8 Å². The maximum Gasteiger partial charge on any atom is 0.113 e. The third kappa shape index (κ3) is 3.00. The summed E-state index contributed by atoms with van der Waals surface area (Å²) in [5.41, 5.74) is 1.29. The Morgan fingerprint density at radius 1 is 1.40 bits per heavy atom. The first-order valence-electron chi connectivity index (χ1n) is 4.91. The molecule has 2 nitrogen and oxygen atoms in total. The first-order chi connectivity index (χ1) is 7.40. The Bertz CT molecular complexity index is 337. The standard InChI is InChI=1S/C11H13NOS2/c1-12-9-5-2-3-6-10(9)14-15-11-7-4-8-13-11/h2-3,5-6,11H,1,4,7-8H2. The fourth-order valence-electron chi connectivity index (χ4n) is 1.39. The van der Waals surface area contributed by atoms with E-state index >= 15 is 0 Å². The smallest absolute Gasteiger partial charge is 0.113 e. The van der Waals surface area contributed by atoms with Crippen LogP contribution in [-0.4, -0.2) is 18.8 Å². The maximum absolute atomic E-state index is 5.54. The maximum atomic E-state index is 5.54. The van der Waals surface area contributed by atoms with Gasteiger partial charge in [-0.3, -0.25) is 4.99 Å². The Balaban J connectivity index is 1.94. The minimum absolute atomic E-state index is 0.341. The van der Waals surface area contributed by atoms with E-state index in [0.717, 1.165) is 23.6 Å². The van der Waals surface area contributed by atoms with Crippen molar-refractivity contribution < 1.29 is 4.74 Å². The van der Waals surface area contributed by atoms with Crippen molar-refractivity contribution in [3.05, 3.63) is 24.3 Å². The third-order valence-electron chi connectivity index (χ3n) is 2.17. The topological polar surface area (TPSA) is 21.6 Å². The Morgan fingerprint density at radius 2 is 2.27 bits per heavy atom. The Kier molecular flexibility index (Phi) is 4.11. The molecule has 0 spiro atoms. The first-order valence-corrected chi connectivity index (χ1v) is 7.12. The lowest BCUT2D eigenvalue weighted by Crippen LogP contribution is -1.94. The Morgan fingerprint density at radius 3 is 3.00 bits per heavy atom. The first kappa shape index (κ1) is 11.0. The number of para-hydroxylation sites is 1. The van der Waals surface area contributed by atoms with Crippen LogP contribution in [0.3, 0.4) is 0 Å². The summed E-state index contributed by atoms with van der Waals surface area (Å²) in [6, 6.07) is 8.04. The van der Waals surface area contributed by atoms with Gasteiger partial charge in [-0.2, -0.15) is 0 Å². The van der Waals surface area contributed by atoms with Crippen LogP contribution in [0.15, 0.2) is 34.2 Å². The van der Waals surface area contributed by atoms with Crippen LogP contribution in [0.25, 0.3) is 0 Å². The fraction of sp³-hybridized carbons (Fsp3) is 0.364. The number of ether oxygens (including phenoxy) is 1. The predicted octanol–water partition coefficient (Wildman–Crippen LogP) is 3.90. The summed E-state index contributed by atoms with van der Waals surface area (Å²) in [4.78, 5) is 5.15. The zero-order valence-corrected chi connectivity index (χ0v) is 10.0. The molecule has 1 aliphatic heterocycles. The summed E-state index contributed by atoms with van der Waals surface area (Å²) in [6.45, 7) is 4.47. The number of benzene rings is 1. The summed E-state index contributed by atoms with van der Waals surface area (Å²) in [5.74, 6) is 0. The van der Waals surface area contributed by atoms with Crippen molar-refractivity contribution in [1.82, 2.24) is 0 Å². The summed E-state index contributed by atoms with van der Waals surface area (Å²) in [5, 5.41) is 0. The molecule has 0 amide bonds. The molecular weight excluding hydrogens is 226 g/mol. The van der Waals surface area contributed by atoms with Gasteiger partial charge in [-0.15, -0.1) is 0 Å². The Hall–Kier alpha value is -0.450. The van der Waals surface area contributed by atoms with E-state index in [-0.39, 0.29) is 0 Å². The summed E-state index contributed by atoms with van der Waals surface area (Å²) in [7, 11) is 3.50. The number of hydrogen-bond acceptors (Lipinski definition) is 4. The molecule has 0 radical (unpaired) electrons. The predicted molar refractivity (Wildman–Crippen MR) is 68.1 cm³/mol. The van der Waals surface area contributed by atoms with Gasteiger partial charge in [-0.25, -0.2) is 0 Å². The lowest BCUT2D eigenvalue weighted by atomic mass is 10.3. The molecule has 0 aliphatic carbocycles. The molecule has 1 aromatic carbocycles. The highest BCUT2D eigenvalue weighted by molar-refractivity contribution is 8.76. The van der Waals surface area contributed by atoms with Crippen LogP contribution in [0, 0.1) is 0 Å². The lowest BCUT2D eigenvalue weighted by Gasteiger charge is -2.08. The monoisotopic (exact) mass is 239 g/mol. The lowest BCUT2D eigenvalue weighted by molar-refractivity contribution is 0.175. The largest absolute Gasteiger partial charge is 0.367 e. The second kappa shape index (κ2) is 5.58. The number of rotatable bonds is 4. The van der Waals surface area contributed by atoms with Crippen LogP contribution in [0.2, 0.25) is 0 Å². The molecule has 1 atom stereocenters. The van der Waals surface area contributed by atoms with Crippen molar-refractivity contribution in [1.29, 1.82) is 0 Å². The molecule has 15 heavy (non-hydrogen) atoms. The minimum atomic E-state index is 0.341. The molecule has 2 rings (SSSR count). The molecule has 0 bridgehead atoms. The molecule has 4 heteroatoms. The third-order valence-corrected chi connectivity index (χ3v) is 4.85. The average Bonchev–Trinajstić information content (AvgIpc) is 2.79. The zero-order chi connectivity index (χ0) is 10.5. The molecule has 1 heterocycles. The van der Waals surface area contributed by atoms with Gasteiger partial charge in [0.2, 0.25) is 0 Å². The van der Waals surface area contributed by atoms with Gasteiger partial charge in [0.1, 0.15) is 5.44 Å². The molecular formula is C11H13NOS2. The van der Waals surface area contributed by atoms with E-state index < -0.39 is 0 Å². The van der Waals surface area contributed by atoms with Gasteiger partial charge < -0.3 is 4.74 Å².